The van der Waals surface area contributed by atoms with Crippen LogP contribution in [0.2, 0.25) is 0 Å². The second-order valence-electron chi connectivity index (χ2n) is 5.62. The Morgan fingerprint density at radius 1 is 1.19 bits per heavy atom. The first-order valence-corrected chi connectivity index (χ1v) is 7.72. The fourth-order valence-corrected chi connectivity index (χ4v) is 3.02. The maximum Gasteiger partial charge on any atom is 0.137 e. The number of fused-ring (bicyclic) bond motifs is 1. The van der Waals surface area contributed by atoms with Gasteiger partial charge in [0, 0.05) is 18.0 Å². The molecule has 21 heavy (non-hydrogen) atoms. The molecule has 3 nitrogen and oxygen atoms in total. The zero-order chi connectivity index (χ0) is 14.5. The van der Waals surface area contributed by atoms with E-state index in [-0.39, 0.29) is 0 Å². The van der Waals surface area contributed by atoms with E-state index in [1.54, 1.807) is 6.20 Å². The third-order valence-electron chi connectivity index (χ3n) is 4.14. The predicted molar refractivity (Wildman–Crippen MR) is 84.6 cm³/mol. The molecule has 0 saturated heterocycles. The molecule has 2 aromatic rings. The van der Waals surface area contributed by atoms with Crippen LogP contribution in [0.4, 0.5) is 0 Å². The number of hydrogen-bond donors (Lipinski definition) is 1. The second kappa shape index (κ2) is 6.72. The molecule has 0 amide bonds. The molecule has 1 atom stereocenters. The van der Waals surface area contributed by atoms with Gasteiger partial charge in [-0.2, -0.15) is 0 Å². The van der Waals surface area contributed by atoms with Crippen LogP contribution in [0, 0.1) is 0 Å². The molecule has 0 saturated carbocycles. The first-order chi connectivity index (χ1) is 10.4. The fraction of sp³-hybridized carbons (Fsp3) is 0.389. The van der Waals surface area contributed by atoms with Crippen LogP contribution in [-0.2, 0) is 12.8 Å². The lowest BCUT2D eigenvalue weighted by Gasteiger charge is -2.25. The second-order valence-corrected chi connectivity index (χ2v) is 5.62. The summed E-state index contributed by atoms with van der Waals surface area (Å²) >= 11 is 0. The summed E-state index contributed by atoms with van der Waals surface area (Å²) < 4.78 is 5.94. The van der Waals surface area contributed by atoms with E-state index in [4.69, 9.17) is 10.5 Å². The quantitative estimate of drug-likeness (QED) is 0.916. The topological polar surface area (TPSA) is 48.1 Å². The van der Waals surface area contributed by atoms with Gasteiger partial charge in [-0.25, -0.2) is 0 Å². The molecule has 1 aliphatic rings. The summed E-state index contributed by atoms with van der Waals surface area (Å²) in [6, 6.07) is 12.7. The highest BCUT2D eigenvalue weighted by atomic mass is 16.5. The van der Waals surface area contributed by atoms with Crippen LogP contribution in [-0.4, -0.2) is 18.1 Å². The van der Waals surface area contributed by atoms with Crippen molar-refractivity contribution >= 4 is 0 Å². The number of ether oxygens (including phenoxy) is 1. The van der Waals surface area contributed by atoms with Gasteiger partial charge in [-0.15, -0.1) is 0 Å². The van der Waals surface area contributed by atoms with Crippen LogP contribution in [0.5, 0.6) is 5.75 Å². The predicted octanol–water partition coefficient (Wildman–Crippen LogP) is 3.08. The van der Waals surface area contributed by atoms with Gasteiger partial charge in [-0.05, 0) is 49.1 Å². The van der Waals surface area contributed by atoms with Gasteiger partial charge in [0.05, 0.1) is 12.8 Å². The Hall–Kier alpha value is -1.87. The number of nitrogens with two attached hydrogens (primary N) is 1. The smallest absolute Gasteiger partial charge is 0.137 e. The molecule has 1 unspecified atom stereocenters. The van der Waals surface area contributed by atoms with Crippen molar-refractivity contribution in [1.82, 2.24) is 4.98 Å². The highest BCUT2D eigenvalue weighted by molar-refractivity contribution is 5.33. The fourth-order valence-electron chi connectivity index (χ4n) is 3.02. The molecule has 1 aromatic carbocycles. The number of aromatic nitrogens is 1. The van der Waals surface area contributed by atoms with E-state index in [1.165, 1.54) is 30.4 Å². The molecule has 1 heterocycles. The van der Waals surface area contributed by atoms with Gasteiger partial charge in [0.25, 0.3) is 0 Å². The van der Waals surface area contributed by atoms with Crippen LogP contribution >= 0.6 is 0 Å². The molecule has 0 bridgehead atoms. The zero-order valence-corrected chi connectivity index (χ0v) is 12.3. The van der Waals surface area contributed by atoms with Crippen molar-refractivity contribution in [2.24, 2.45) is 5.73 Å². The van der Waals surface area contributed by atoms with Crippen molar-refractivity contribution in [3.8, 4) is 5.75 Å². The third-order valence-corrected chi connectivity index (χ3v) is 4.14. The van der Waals surface area contributed by atoms with Crippen molar-refractivity contribution in [3.63, 3.8) is 0 Å². The molecular formula is C18H22N2O. The molecule has 1 aromatic heterocycles. The molecule has 0 fully saturated rings. The first-order valence-electron chi connectivity index (χ1n) is 7.72. The van der Waals surface area contributed by atoms with Gasteiger partial charge in [-0.3, -0.25) is 4.98 Å². The summed E-state index contributed by atoms with van der Waals surface area (Å²) in [6.07, 6.45) is 6.27. The lowest BCUT2D eigenvalue weighted by atomic mass is 9.83. The number of aryl methyl sites for hydroxylation is 1. The summed E-state index contributed by atoms with van der Waals surface area (Å²) in [6.45, 7) is 1.36. The molecule has 0 aliphatic heterocycles. The maximum absolute atomic E-state index is 5.94. The van der Waals surface area contributed by atoms with Crippen molar-refractivity contribution in [3.05, 3.63) is 59.4 Å². The Morgan fingerprint density at radius 2 is 2.10 bits per heavy atom. The van der Waals surface area contributed by atoms with Gasteiger partial charge < -0.3 is 10.5 Å². The molecule has 3 rings (SSSR count). The van der Waals surface area contributed by atoms with E-state index >= 15 is 0 Å². The largest absolute Gasteiger partial charge is 0.491 e. The number of benzene rings is 1. The molecule has 110 valence electrons. The average molecular weight is 282 g/mol. The van der Waals surface area contributed by atoms with Crippen molar-refractivity contribution in [1.29, 1.82) is 0 Å². The molecular weight excluding hydrogens is 260 g/mol. The van der Waals surface area contributed by atoms with Gasteiger partial charge in [0.2, 0.25) is 0 Å². The Balaban J connectivity index is 1.63. The maximum atomic E-state index is 5.94. The van der Waals surface area contributed by atoms with E-state index in [2.05, 4.69) is 29.2 Å². The lowest BCUT2D eigenvalue weighted by molar-refractivity contribution is 0.273. The summed E-state index contributed by atoms with van der Waals surface area (Å²) in [5.74, 6) is 1.34. The van der Waals surface area contributed by atoms with E-state index in [9.17, 15) is 0 Å². The highest BCUT2D eigenvalue weighted by Crippen LogP contribution is 2.31. The van der Waals surface area contributed by atoms with Gasteiger partial charge >= 0.3 is 0 Å². The summed E-state index contributed by atoms with van der Waals surface area (Å²) in [5, 5.41) is 0. The number of nitrogens with zero attached hydrogens (tertiary/aromatic N) is 1. The monoisotopic (exact) mass is 282 g/mol. The SMILES string of the molecule is NCCc1ccc(OCC2CCCc3ccccc32)cn1. The Kier molecular flexibility index (Phi) is 4.51. The van der Waals surface area contributed by atoms with E-state index < -0.39 is 0 Å². The van der Waals surface area contributed by atoms with Crippen molar-refractivity contribution in [2.75, 3.05) is 13.2 Å². The molecule has 0 radical (unpaired) electrons. The normalized spacial score (nSPS) is 17.3. The summed E-state index contributed by atoms with van der Waals surface area (Å²) in [4.78, 5) is 4.37. The van der Waals surface area contributed by atoms with Crippen LogP contribution in [0.25, 0.3) is 0 Å². The molecule has 3 heteroatoms. The van der Waals surface area contributed by atoms with Crippen LogP contribution < -0.4 is 10.5 Å². The third kappa shape index (κ3) is 3.42. The summed E-state index contributed by atoms with van der Waals surface area (Å²) in [5.41, 5.74) is 9.49. The Bertz CT molecular complexity index is 580. The molecule has 2 N–H and O–H groups in total. The van der Waals surface area contributed by atoms with Crippen LogP contribution in [0.1, 0.15) is 35.6 Å². The van der Waals surface area contributed by atoms with Gasteiger partial charge in [0.15, 0.2) is 0 Å². The Morgan fingerprint density at radius 3 is 2.90 bits per heavy atom. The van der Waals surface area contributed by atoms with E-state index in [1.807, 2.05) is 12.1 Å². The molecule has 0 spiro atoms. The first kappa shape index (κ1) is 14.1. The zero-order valence-electron chi connectivity index (χ0n) is 12.3. The summed E-state index contributed by atoms with van der Waals surface area (Å²) in [7, 11) is 0. The minimum absolute atomic E-state index is 0.499. The Labute approximate surface area is 126 Å². The van der Waals surface area contributed by atoms with Crippen molar-refractivity contribution < 1.29 is 4.74 Å². The highest BCUT2D eigenvalue weighted by Gasteiger charge is 2.20. The average Bonchev–Trinajstić information content (AvgIpc) is 2.54. The van der Waals surface area contributed by atoms with Crippen LogP contribution in [0.15, 0.2) is 42.6 Å². The van der Waals surface area contributed by atoms with E-state index in [0.29, 0.717) is 12.5 Å². The number of hydrogen-bond acceptors (Lipinski definition) is 3. The molecule has 1 aliphatic carbocycles. The van der Waals surface area contributed by atoms with Crippen LogP contribution in [0.3, 0.4) is 0 Å². The lowest BCUT2D eigenvalue weighted by Crippen LogP contribution is -2.16. The van der Waals surface area contributed by atoms with E-state index in [0.717, 1.165) is 24.5 Å². The minimum atomic E-state index is 0.499. The number of rotatable bonds is 5. The van der Waals surface area contributed by atoms with Crippen molar-refractivity contribution in [2.45, 2.75) is 31.6 Å². The van der Waals surface area contributed by atoms with Gasteiger partial charge in [-0.1, -0.05) is 24.3 Å². The number of pyridine rings is 1. The minimum Gasteiger partial charge on any atom is -0.491 e. The van der Waals surface area contributed by atoms with Gasteiger partial charge in [0.1, 0.15) is 5.75 Å². The standard InChI is InChI=1S/C18H22N2O/c19-11-10-16-8-9-17(12-20-16)21-13-15-6-3-5-14-4-1-2-7-18(14)15/h1-2,4,7-9,12,15H,3,5-6,10-11,13,19H2.